The van der Waals surface area contributed by atoms with E-state index >= 15 is 0 Å². The first-order valence-electron chi connectivity index (χ1n) is 5.03. The third-order valence-electron chi connectivity index (χ3n) is 2.37. The molecule has 0 aliphatic rings. The number of hydrogen-bond acceptors (Lipinski definition) is 2. The number of hydrogen-bond donors (Lipinski definition) is 0. The van der Waals surface area contributed by atoms with Crippen molar-refractivity contribution in [2.24, 2.45) is 4.99 Å². The molecule has 2 heteroatoms. The molecule has 0 aliphatic carbocycles. The molecule has 0 aliphatic heterocycles. The molecule has 1 rings (SSSR count). The van der Waals surface area contributed by atoms with E-state index < -0.39 is 0 Å². The first-order valence-corrected chi connectivity index (χ1v) is 5.03. The number of aliphatic imine (C=N–C) groups is 1. The molecule has 14 heavy (non-hydrogen) atoms. The van der Waals surface area contributed by atoms with E-state index in [4.69, 9.17) is 0 Å². The van der Waals surface area contributed by atoms with Gasteiger partial charge in [0, 0.05) is 6.20 Å². The maximum atomic E-state index is 4.65. The average molecular weight is 190 g/mol. The van der Waals surface area contributed by atoms with Crippen molar-refractivity contribution in [2.75, 3.05) is 0 Å². The minimum Gasteiger partial charge on any atom is -0.282 e. The fourth-order valence-corrected chi connectivity index (χ4v) is 1.17. The first kappa shape index (κ1) is 10.9. The Hall–Kier alpha value is -1.18. The number of aromatic nitrogens is 1. The van der Waals surface area contributed by atoms with Crippen LogP contribution in [0.1, 0.15) is 39.8 Å². The van der Waals surface area contributed by atoms with Gasteiger partial charge in [-0.2, -0.15) is 0 Å². The molecule has 0 N–H and O–H groups in total. The van der Waals surface area contributed by atoms with Gasteiger partial charge in [-0.05, 0) is 39.3 Å². The minimum atomic E-state index is 0.0155. The Balaban J connectivity index is 2.91. The summed E-state index contributed by atoms with van der Waals surface area (Å²) in [4.78, 5) is 8.92. The van der Waals surface area contributed by atoms with Crippen LogP contribution in [0.4, 0.5) is 0 Å². The van der Waals surface area contributed by atoms with Crippen LogP contribution in [0.2, 0.25) is 0 Å². The number of rotatable bonds is 3. The Bertz CT molecular complexity index is 312. The summed E-state index contributed by atoms with van der Waals surface area (Å²) in [6.07, 6.45) is 2.84. The zero-order valence-corrected chi connectivity index (χ0v) is 9.41. The van der Waals surface area contributed by atoms with Crippen molar-refractivity contribution in [1.29, 1.82) is 0 Å². The molecule has 76 valence electrons. The van der Waals surface area contributed by atoms with Gasteiger partial charge >= 0.3 is 0 Å². The molecule has 0 aromatic carbocycles. The molecule has 1 aromatic heterocycles. The zero-order valence-electron chi connectivity index (χ0n) is 9.41. The van der Waals surface area contributed by atoms with Gasteiger partial charge in [-0.15, -0.1) is 0 Å². The van der Waals surface area contributed by atoms with Crippen LogP contribution in [0, 0.1) is 0 Å². The van der Waals surface area contributed by atoms with Gasteiger partial charge in [-0.25, -0.2) is 0 Å². The largest absolute Gasteiger partial charge is 0.282 e. The summed E-state index contributed by atoms with van der Waals surface area (Å²) < 4.78 is 0. The van der Waals surface area contributed by atoms with Gasteiger partial charge < -0.3 is 0 Å². The summed E-state index contributed by atoms with van der Waals surface area (Å²) in [6.45, 7) is 8.44. The lowest BCUT2D eigenvalue weighted by Crippen LogP contribution is -2.17. The monoisotopic (exact) mass is 190 g/mol. The highest BCUT2D eigenvalue weighted by molar-refractivity contribution is 5.97. The normalized spacial score (nSPS) is 13.0. The third kappa shape index (κ3) is 2.95. The van der Waals surface area contributed by atoms with Gasteiger partial charge in [0.25, 0.3) is 0 Å². The highest BCUT2D eigenvalue weighted by Crippen LogP contribution is 2.14. The molecule has 0 saturated carbocycles. The Labute approximate surface area is 86.1 Å². The molecule has 0 spiro atoms. The maximum Gasteiger partial charge on any atom is 0.0837 e. The number of nitrogens with zero attached hydrogens (tertiary/aromatic N) is 2. The second-order valence-corrected chi connectivity index (χ2v) is 4.08. The molecular weight excluding hydrogens is 172 g/mol. The molecule has 1 heterocycles. The Morgan fingerprint density at radius 3 is 2.64 bits per heavy atom. The van der Waals surface area contributed by atoms with E-state index in [1.807, 2.05) is 25.1 Å². The molecule has 0 radical (unpaired) electrons. The Kier molecular flexibility index (Phi) is 3.39. The van der Waals surface area contributed by atoms with Crippen LogP contribution >= 0.6 is 0 Å². The fourth-order valence-electron chi connectivity index (χ4n) is 1.17. The van der Waals surface area contributed by atoms with E-state index in [-0.39, 0.29) is 5.54 Å². The molecule has 0 bridgehead atoms. The van der Waals surface area contributed by atoms with Crippen LogP contribution in [0.3, 0.4) is 0 Å². The average Bonchev–Trinajstić information content (AvgIpc) is 2.19. The SMILES string of the molecule is CCC(C)(C)N=C(C)c1ccccn1. The molecule has 0 atom stereocenters. The van der Waals surface area contributed by atoms with E-state index in [0.717, 1.165) is 17.8 Å². The standard InChI is InChI=1S/C12H18N2/c1-5-12(3,4)14-10(2)11-8-6-7-9-13-11/h6-9H,5H2,1-4H3. The van der Waals surface area contributed by atoms with Gasteiger partial charge in [0.05, 0.1) is 16.9 Å². The summed E-state index contributed by atoms with van der Waals surface area (Å²) >= 11 is 0. The summed E-state index contributed by atoms with van der Waals surface area (Å²) in [5, 5.41) is 0. The lowest BCUT2D eigenvalue weighted by atomic mass is 10.0. The van der Waals surface area contributed by atoms with Crippen LogP contribution in [0.5, 0.6) is 0 Å². The summed E-state index contributed by atoms with van der Waals surface area (Å²) in [5.74, 6) is 0. The van der Waals surface area contributed by atoms with Crippen molar-refractivity contribution in [2.45, 2.75) is 39.7 Å². The van der Waals surface area contributed by atoms with Crippen LogP contribution in [0.25, 0.3) is 0 Å². The van der Waals surface area contributed by atoms with Crippen molar-refractivity contribution in [3.05, 3.63) is 30.1 Å². The molecular formula is C12H18N2. The van der Waals surface area contributed by atoms with Gasteiger partial charge in [-0.3, -0.25) is 9.98 Å². The highest BCUT2D eigenvalue weighted by Gasteiger charge is 2.13. The maximum absolute atomic E-state index is 4.65. The van der Waals surface area contributed by atoms with Crippen LogP contribution in [0.15, 0.2) is 29.4 Å². The van der Waals surface area contributed by atoms with Gasteiger partial charge in [0.1, 0.15) is 0 Å². The lowest BCUT2D eigenvalue weighted by Gasteiger charge is -2.18. The third-order valence-corrected chi connectivity index (χ3v) is 2.37. The van der Waals surface area contributed by atoms with Gasteiger partial charge in [-0.1, -0.05) is 13.0 Å². The van der Waals surface area contributed by atoms with E-state index in [1.54, 1.807) is 6.20 Å². The highest BCUT2D eigenvalue weighted by atomic mass is 14.9. The molecule has 1 aromatic rings. The van der Waals surface area contributed by atoms with Crippen molar-refractivity contribution < 1.29 is 0 Å². The van der Waals surface area contributed by atoms with Crippen LogP contribution < -0.4 is 0 Å². The van der Waals surface area contributed by atoms with Crippen LogP contribution in [-0.4, -0.2) is 16.2 Å². The number of pyridine rings is 1. The second kappa shape index (κ2) is 4.36. The van der Waals surface area contributed by atoms with Gasteiger partial charge in [0.2, 0.25) is 0 Å². The van der Waals surface area contributed by atoms with E-state index in [1.165, 1.54) is 0 Å². The molecule has 0 fully saturated rings. The van der Waals surface area contributed by atoms with Crippen molar-refractivity contribution in [3.8, 4) is 0 Å². The van der Waals surface area contributed by atoms with E-state index in [0.29, 0.717) is 0 Å². The second-order valence-electron chi connectivity index (χ2n) is 4.08. The van der Waals surface area contributed by atoms with Gasteiger partial charge in [0.15, 0.2) is 0 Å². The van der Waals surface area contributed by atoms with Crippen molar-refractivity contribution in [3.63, 3.8) is 0 Å². The zero-order chi connectivity index (χ0) is 10.6. The molecule has 2 nitrogen and oxygen atoms in total. The molecule has 0 saturated heterocycles. The lowest BCUT2D eigenvalue weighted by molar-refractivity contribution is 0.505. The summed E-state index contributed by atoms with van der Waals surface area (Å²) in [6, 6.07) is 5.90. The predicted molar refractivity (Wildman–Crippen MR) is 60.8 cm³/mol. The summed E-state index contributed by atoms with van der Waals surface area (Å²) in [7, 11) is 0. The Morgan fingerprint density at radius 2 is 2.14 bits per heavy atom. The first-order chi connectivity index (χ1) is 6.55. The summed E-state index contributed by atoms with van der Waals surface area (Å²) in [5.41, 5.74) is 1.99. The molecule has 0 unspecified atom stereocenters. The predicted octanol–water partition coefficient (Wildman–Crippen LogP) is 3.08. The quantitative estimate of drug-likeness (QED) is 0.672. The van der Waals surface area contributed by atoms with Crippen molar-refractivity contribution >= 4 is 5.71 Å². The van der Waals surface area contributed by atoms with E-state index in [9.17, 15) is 0 Å². The topological polar surface area (TPSA) is 25.2 Å². The fraction of sp³-hybridized carbons (Fsp3) is 0.500. The van der Waals surface area contributed by atoms with Crippen molar-refractivity contribution in [1.82, 2.24) is 4.98 Å². The van der Waals surface area contributed by atoms with E-state index in [2.05, 4.69) is 30.7 Å². The molecule has 0 amide bonds. The minimum absolute atomic E-state index is 0.0155. The smallest absolute Gasteiger partial charge is 0.0837 e. The Morgan fingerprint density at radius 1 is 1.43 bits per heavy atom. The van der Waals surface area contributed by atoms with Crippen LogP contribution in [-0.2, 0) is 0 Å².